The van der Waals surface area contributed by atoms with E-state index in [2.05, 4.69) is 20.6 Å². The third kappa shape index (κ3) is 3.85. The molecule has 6 nitrogen and oxygen atoms in total. The first-order valence-corrected chi connectivity index (χ1v) is 8.85. The molecule has 0 unspecified atom stereocenters. The summed E-state index contributed by atoms with van der Waals surface area (Å²) < 4.78 is 26.6. The van der Waals surface area contributed by atoms with Crippen molar-refractivity contribution in [1.82, 2.24) is 19.7 Å². The number of hydrogen-bond donors (Lipinski definition) is 2. The van der Waals surface area contributed by atoms with Gasteiger partial charge in [0.25, 0.3) is 12.3 Å². The first-order chi connectivity index (χ1) is 13.0. The van der Waals surface area contributed by atoms with E-state index < -0.39 is 13.0 Å². The Morgan fingerprint density at radius 2 is 2.19 bits per heavy atom. The summed E-state index contributed by atoms with van der Waals surface area (Å²) in [5, 5.41) is 5.82. The number of benzene rings is 1. The zero-order valence-corrected chi connectivity index (χ0v) is 14.9. The minimum absolute atomic E-state index is 0.188. The van der Waals surface area contributed by atoms with E-state index in [1.807, 2.05) is 0 Å². The molecular formula is C18H16ClF2N5O. The van der Waals surface area contributed by atoms with E-state index in [-0.39, 0.29) is 17.8 Å². The summed E-state index contributed by atoms with van der Waals surface area (Å²) >= 11 is 6.29. The molecule has 0 bridgehead atoms. The Morgan fingerprint density at radius 1 is 1.37 bits per heavy atom. The number of aromatic nitrogens is 3. The third-order valence-electron chi connectivity index (χ3n) is 4.22. The molecule has 1 amide bonds. The monoisotopic (exact) mass is 391 g/mol. The van der Waals surface area contributed by atoms with Gasteiger partial charge < -0.3 is 15.0 Å². The average molecular weight is 392 g/mol. The maximum absolute atomic E-state index is 12.5. The van der Waals surface area contributed by atoms with Gasteiger partial charge in [0.2, 0.25) is 0 Å². The van der Waals surface area contributed by atoms with E-state index in [1.165, 1.54) is 6.20 Å². The van der Waals surface area contributed by atoms with Crippen molar-refractivity contribution in [3.8, 4) is 11.3 Å². The highest BCUT2D eigenvalue weighted by Crippen LogP contribution is 2.27. The predicted octanol–water partition coefficient (Wildman–Crippen LogP) is 3.62. The lowest BCUT2D eigenvalue weighted by atomic mass is 10.1. The van der Waals surface area contributed by atoms with Gasteiger partial charge >= 0.3 is 0 Å². The topological polar surface area (TPSA) is 71.3 Å². The van der Waals surface area contributed by atoms with E-state index >= 15 is 0 Å². The van der Waals surface area contributed by atoms with Crippen molar-refractivity contribution in [2.45, 2.75) is 25.3 Å². The molecule has 2 aromatic heterocycles. The second-order valence-electron chi connectivity index (χ2n) is 6.35. The van der Waals surface area contributed by atoms with Crippen molar-refractivity contribution in [2.24, 2.45) is 0 Å². The van der Waals surface area contributed by atoms with Crippen LogP contribution >= 0.6 is 11.6 Å². The largest absolute Gasteiger partial charge is 0.361 e. The summed E-state index contributed by atoms with van der Waals surface area (Å²) in [4.78, 5) is 20.7. The van der Waals surface area contributed by atoms with Crippen LogP contribution in [-0.4, -0.2) is 39.3 Å². The van der Waals surface area contributed by atoms with Crippen LogP contribution in [0.25, 0.3) is 16.9 Å². The number of anilines is 1. The van der Waals surface area contributed by atoms with Gasteiger partial charge in [-0.15, -0.1) is 0 Å². The molecule has 1 aromatic carbocycles. The fourth-order valence-electron chi connectivity index (χ4n) is 2.71. The van der Waals surface area contributed by atoms with Crippen molar-refractivity contribution >= 4 is 29.0 Å². The Bertz CT molecular complexity index is 1000. The minimum atomic E-state index is -2.49. The Labute approximate surface area is 158 Å². The normalized spacial score (nSPS) is 13.9. The molecule has 4 rings (SSSR count). The molecule has 1 aliphatic rings. The van der Waals surface area contributed by atoms with E-state index in [1.54, 1.807) is 35.0 Å². The molecule has 0 radical (unpaired) electrons. The van der Waals surface area contributed by atoms with Gasteiger partial charge in [0.15, 0.2) is 11.5 Å². The quantitative estimate of drug-likeness (QED) is 0.673. The Kier molecular flexibility index (Phi) is 4.65. The second-order valence-corrected chi connectivity index (χ2v) is 6.75. The molecule has 2 heterocycles. The maximum Gasteiger partial charge on any atom is 0.255 e. The van der Waals surface area contributed by atoms with Crippen LogP contribution in [0.4, 0.5) is 14.6 Å². The summed E-state index contributed by atoms with van der Waals surface area (Å²) in [7, 11) is 0. The number of nitrogens with zero attached hydrogens (tertiary/aromatic N) is 3. The lowest BCUT2D eigenvalue weighted by Gasteiger charge is -2.06. The lowest BCUT2D eigenvalue weighted by Crippen LogP contribution is -2.25. The summed E-state index contributed by atoms with van der Waals surface area (Å²) in [6.07, 6.45) is 4.44. The number of halogens is 3. The summed E-state index contributed by atoms with van der Waals surface area (Å²) in [5.41, 5.74) is 2.16. The number of alkyl halides is 2. The first kappa shape index (κ1) is 17.7. The van der Waals surface area contributed by atoms with Crippen LogP contribution < -0.4 is 10.6 Å². The number of rotatable bonds is 6. The van der Waals surface area contributed by atoms with Crippen LogP contribution in [0.5, 0.6) is 0 Å². The van der Waals surface area contributed by atoms with Gasteiger partial charge in [0.1, 0.15) is 0 Å². The van der Waals surface area contributed by atoms with Crippen molar-refractivity contribution in [1.29, 1.82) is 0 Å². The van der Waals surface area contributed by atoms with Gasteiger partial charge in [-0.05, 0) is 25.0 Å². The van der Waals surface area contributed by atoms with E-state index in [9.17, 15) is 13.6 Å². The zero-order chi connectivity index (χ0) is 19.0. The molecule has 0 spiro atoms. The van der Waals surface area contributed by atoms with Crippen molar-refractivity contribution in [3.63, 3.8) is 0 Å². The maximum atomic E-state index is 12.5. The molecule has 27 heavy (non-hydrogen) atoms. The molecular weight excluding hydrogens is 376 g/mol. The van der Waals surface area contributed by atoms with Crippen LogP contribution in [-0.2, 0) is 0 Å². The highest BCUT2D eigenvalue weighted by Gasteiger charge is 2.24. The molecule has 3 aromatic rings. The van der Waals surface area contributed by atoms with E-state index in [0.717, 1.165) is 12.8 Å². The first-order valence-electron chi connectivity index (χ1n) is 8.48. The van der Waals surface area contributed by atoms with Crippen molar-refractivity contribution in [2.75, 3.05) is 11.9 Å². The SMILES string of the molecule is O=C(NC1CC1)c1ccc(-c2cn3ccnc(NCC(F)F)c3n2)cc1Cl. The van der Waals surface area contributed by atoms with Gasteiger partial charge in [-0.2, -0.15) is 0 Å². The third-order valence-corrected chi connectivity index (χ3v) is 4.53. The number of amides is 1. The highest BCUT2D eigenvalue weighted by atomic mass is 35.5. The highest BCUT2D eigenvalue weighted by molar-refractivity contribution is 6.34. The van der Waals surface area contributed by atoms with Crippen LogP contribution in [0.15, 0.2) is 36.8 Å². The number of carbonyl (C=O) groups excluding carboxylic acids is 1. The Balaban J connectivity index is 1.62. The van der Waals surface area contributed by atoms with Gasteiger partial charge in [-0.1, -0.05) is 17.7 Å². The Hall–Kier alpha value is -2.74. The molecule has 0 saturated heterocycles. The number of carbonyl (C=O) groups is 1. The van der Waals surface area contributed by atoms with Crippen LogP contribution in [0.1, 0.15) is 23.2 Å². The standard InChI is InChI=1S/C18H16ClF2N5O/c19-13-7-10(1-4-12(13)18(27)24-11-2-3-11)14-9-26-6-5-22-16(17(26)25-14)23-8-15(20)21/h1,4-7,9,11,15H,2-3,8H2,(H,22,23)(H,24,27). The summed E-state index contributed by atoms with van der Waals surface area (Å²) in [6, 6.07) is 5.34. The van der Waals surface area contributed by atoms with Crippen molar-refractivity contribution < 1.29 is 13.6 Å². The molecule has 0 atom stereocenters. The fourth-order valence-corrected chi connectivity index (χ4v) is 2.97. The Morgan fingerprint density at radius 3 is 2.89 bits per heavy atom. The summed E-state index contributed by atoms with van der Waals surface area (Å²) in [5.74, 6) is 0.0855. The van der Waals surface area contributed by atoms with Gasteiger partial charge in [0.05, 0.1) is 22.8 Å². The number of fused-ring (bicyclic) bond motifs is 1. The fraction of sp³-hybridized carbons (Fsp3) is 0.278. The van der Waals surface area contributed by atoms with Crippen LogP contribution in [0.3, 0.4) is 0 Å². The molecule has 2 N–H and O–H groups in total. The second kappa shape index (κ2) is 7.11. The smallest absolute Gasteiger partial charge is 0.255 e. The minimum Gasteiger partial charge on any atom is -0.361 e. The molecule has 0 aliphatic heterocycles. The number of hydrogen-bond acceptors (Lipinski definition) is 4. The van der Waals surface area contributed by atoms with Gasteiger partial charge in [-0.3, -0.25) is 4.79 Å². The number of imidazole rings is 1. The molecule has 1 fully saturated rings. The zero-order valence-electron chi connectivity index (χ0n) is 14.1. The van der Waals surface area contributed by atoms with Crippen LogP contribution in [0, 0.1) is 0 Å². The predicted molar refractivity (Wildman–Crippen MR) is 98.4 cm³/mol. The van der Waals surface area contributed by atoms with E-state index in [0.29, 0.717) is 27.5 Å². The molecule has 1 saturated carbocycles. The van der Waals surface area contributed by atoms with Gasteiger partial charge in [-0.25, -0.2) is 18.7 Å². The number of nitrogens with one attached hydrogen (secondary N) is 2. The average Bonchev–Trinajstić information content (AvgIpc) is 3.33. The van der Waals surface area contributed by atoms with Crippen LogP contribution in [0.2, 0.25) is 5.02 Å². The van der Waals surface area contributed by atoms with Crippen molar-refractivity contribution in [3.05, 3.63) is 47.4 Å². The van der Waals surface area contributed by atoms with E-state index in [4.69, 9.17) is 11.6 Å². The lowest BCUT2D eigenvalue weighted by molar-refractivity contribution is 0.0951. The molecule has 140 valence electrons. The van der Waals surface area contributed by atoms with Gasteiger partial charge in [0, 0.05) is 30.2 Å². The molecule has 9 heteroatoms. The molecule has 1 aliphatic carbocycles. The summed E-state index contributed by atoms with van der Waals surface area (Å²) in [6.45, 7) is -0.508.